The topological polar surface area (TPSA) is 71.9 Å². The van der Waals surface area contributed by atoms with E-state index in [4.69, 9.17) is 27.3 Å². The third-order valence-corrected chi connectivity index (χ3v) is 2.78. The van der Waals surface area contributed by atoms with Gasteiger partial charge in [-0.15, -0.1) is 0 Å². The molecule has 5 heteroatoms. The van der Waals surface area contributed by atoms with Crippen molar-refractivity contribution in [3.05, 3.63) is 41.0 Å². The number of rotatable bonds is 2. The van der Waals surface area contributed by atoms with Gasteiger partial charge in [0.15, 0.2) is 0 Å². The minimum Gasteiger partial charge on any atom is -0.496 e. The van der Waals surface area contributed by atoms with Crippen molar-refractivity contribution in [2.24, 2.45) is 0 Å². The number of hydrogen-bond acceptors (Lipinski definition) is 4. The van der Waals surface area contributed by atoms with Gasteiger partial charge < -0.3 is 10.5 Å². The smallest absolute Gasteiger partial charge is 0.141 e. The summed E-state index contributed by atoms with van der Waals surface area (Å²) in [4.78, 5) is 3.90. The molecule has 0 radical (unpaired) electrons. The van der Waals surface area contributed by atoms with E-state index in [-0.39, 0.29) is 5.82 Å². The normalized spacial score (nSPS) is 9.83. The predicted octanol–water partition coefficient (Wildman–Crippen LogP) is 2.86. The summed E-state index contributed by atoms with van der Waals surface area (Å²) in [5.41, 5.74) is 7.38. The van der Waals surface area contributed by atoms with Crippen LogP contribution in [0.5, 0.6) is 5.75 Å². The minimum absolute atomic E-state index is 0.192. The Morgan fingerprint density at radius 2 is 2.11 bits per heavy atom. The zero-order valence-corrected chi connectivity index (χ0v) is 10.4. The van der Waals surface area contributed by atoms with Gasteiger partial charge in [-0.05, 0) is 24.3 Å². The molecule has 0 aliphatic heterocycles. The van der Waals surface area contributed by atoms with Crippen LogP contribution >= 0.6 is 11.6 Å². The van der Waals surface area contributed by atoms with Crippen LogP contribution in [0, 0.1) is 11.3 Å². The molecule has 0 bridgehead atoms. The molecule has 0 saturated carbocycles. The van der Waals surface area contributed by atoms with Gasteiger partial charge >= 0.3 is 0 Å². The fourth-order valence-electron chi connectivity index (χ4n) is 1.71. The molecule has 0 fully saturated rings. The van der Waals surface area contributed by atoms with Gasteiger partial charge in [-0.1, -0.05) is 11.6 Å². The number of nitrogen functional groups attached to an aromatic ring is 1. The highest BCUT2D eigenvalue weighted by Crippen LogP contribution is 2.35. The summed E-state index contributed by atoms with van der Waals surface area (Å²) in [6.45, 7) is 0. The van der Waals surface area contributed by atoms with E-state index in [1.54, 1.807) is 37.6 Å². The Kier molecular flexibility index (Phi) is 3.35. The lowest BCUT2D eigenvalue weighted by atomic mass is 10.0. The van der Waals surface area contributed by atoms with Crippen LogP contribution in [-0.4, -0.2) is 12.1 Å². The van der Waals surface area contributed by atoms with Gasteiger partial charge in [0, 0.05) is 22.3 Å². The molecule has 0 spiro atoms. The molecule has 1 heterocycles. The number of anilines is 1. The standard InChI is InChI=1S/C13H10ClN3O/c1-18-12-3-2-8(14)6-10(12)9-4-5-17-13(16)11(9)7-15/h2-6H,1H3,(H2,16,17). The Morgan fingerprint density at radius 3 is 2.78 bits per heavy atom. The highest BCUT2D eigenvalue weighted by atomic mass is 35.5. The number of nitrogens with two attached hydrogens (primary N) is 1. The number of ether oxygens (including phenoxy) is 1. The third kappa shape index (κ3) is 2.08. The molecular weight excluding hydrogens is 250 g/mol. The molecule has 0 unspecified atom stereocenters. The number of hydrogen-bond donors (Lipinski definition) is 1. The molecule has 2 N–H and O–H groups in total. The van der Waals surface area contributed by atoms with Crippen molar-refractivity contribution in [3.63, 3.8) is 0 Å². The molecule has 0 atom stereocenters. The Labute approximate surface area is 110 Å². The van der Waals surface area contributed by atoms with E-state index in [0.717, 1.165) is 5.56 Å². The van der Waals surface area contributed by atoms with Gasteiger partial charge in [-0.3, -0.25) is 0 Å². The number of methoxy groups -OCH3 is 1. The Bertz CT molecular complexity index is 635. The summed E-state index contributed by atoms with van der Waals surface area (Å²) in [6.07, 6.45) is 1.55. The highest BCUT2D eigenvalue weighted by molar-refractivity contribution is 6.31. The van der Waals surface area contributed by atoms with Gasteiger partial charge in [0.25, 0.3) is 0 Å². The van der Waals surface area contributed by atoms with Crippen molar-refractivity contribution < 1.29 is 4.74 Å². The number of aromatic nitrogens is 1. The molecule has 0 aliphatic carbocycles. The Morgan fingerprint density at radius 1 is 1.33 bits per heavy atom. The Balaban J connectivity index is 2.73. The maximum Gasteiger partial charge on any atom is 0.141 e. The van der Waals surface area contributed by atoms with Crippen molar-refractivity contribution >= 4 is 17.4 Å². The van der Waals surface area contributed by atoms with Crippen LogP contribution < -0.4 is 10.5 Å². The zero-order chi connectivity index (χ0) is 13.1. The maximum atomic E-state index is 9.15. The van der Waals surface area contributed by atoms with Gasteiger partial charge in [0.05, 0.1) is 7.11 Å². The van der Waals surface area contributed by atoms with Crippen molar-refractivity contribution in [1.29, 1.82) is 5.26 Å². The summed E-state index contributed by atoms with van der Waals surface area (Å²) in [6, 6.07) is 8.96. The van der Waals surface area contributed by atoms with Gasteiger partial charge in [-0.2, -0.15) is 5.26 Å². The van der Waals surface area contributed by atoms with Crippen molar-refractivity contribution in [2.45, 2.75) is 0 Å². The van der Waals surface area contributed by atoms with E-state index < -0.39 is 0 Å². The molecule has 0 saturated heterocycles. The minimum atomic E-state index is 0.192. The SMILES string of the molecule is COc1ccc(Cl)cc1-c1ccnc(N)c1C#N. The van der Waals surface area contributed by atoms with E-state index in [9.17, 15) is 0 Å². The van der Waals surface area contributed by atoms with Crippen molar-refractivity contribution in [1.82, 2.24) is 4.98 Å². The fraction of sp³-hybridized carbons (Fsp3) is 0.0769. The first kappa shape index (κ1) is 12.2. The van der Waals surface area contributed by atoms with Crippen molar-refractivity contribution in [2.75, 3.05) is 12.8 Å². The monoisotopic (exact) mass is 259 g/mol. The summed E-state index contributed by atoms with van der Waals surface area (Å²) >= 11 is 5.97. The van der Waals surface area contributed by atoms with Crippen LogP contribution in [0.3, 0.4) is 0 Å². The van der Waals surface area contributed by atoms with E-state index in [1.165, 1.54) is 0 Å². The summed E-state index contributed by atoms with van der Waals surface area (Å²) < 4.78 is 5.26. The molecule has 2 aromatic rings. The summed E-state index contributed by atoms with van der Waals surface area (Å²) in [5.74, 6) is 0.818. The van der Waals surface area contributed by atoms with Gasteiger partial charge in [0.1, 0.15) is 23.2 Å². The maximum absolute atomic E-state index is 9.15. The third-order valence-electron chi connectivity index (χ3n) is 2.54. The van der Waals surface area contributed by atoms with Crippen LogP contribution in [0.1, 0.15) is 5.56 Å². The largest absolute Gasteiger partial charge is 0.496 e. The van der Waals surface area contributed by atoms with E-state index in [2.05, 4.69) is 4.98 Å². The van der Waals surface area contributed by atoms with Crippen molar-refractivity contribution in [3.8, 4) is 22.9 Å². The quantitative estimate of drug-likeness (QED) is 0.900. The number of nitrogens with zero attached hydrogens (tertiary/aromatic N) is 2. The molecule has 2 rings (SSSR count). The van der Waals surface area contributed by atoms with E-state index in [0.29, 0.717) is 21.9 Å². The lowest BCUT2D eigenvalue weighted by molar-refractivity contribution is 0.416. The lowest BCUT2D eigenvalue weighted by Crippen LogP contribution is -1.97. The van der Waals surface area contributed by atoms with Crippen LogP contribution in [0.15, 0.2) is 30.5 Å². The molecule has 18 heavy (non-hydrogen) atoms. The summed E-state index contributed by atoms with van der Waals surface area (Å²) in [7, 11) is 1.56. The predicted molar refractivity (Wildman–Crippen MR) is 70.4 cm³/mol. The van der Waals surface area contributed by atoms with Crippen LogP contribution in [0.25, 0.3) is 11.1 Å². The molecule has 0 amide bonds. The zero-order valence-electron chi connectivity index (χ0n) is 9.64. The first-order valence-corrected chi connectivity index (χ1v) is 5.53. The second kappa shape index (κ2) is 4.94. The van der Waals surface area contributed by atoms with Gasteiger partial charge in [-0.25, -0.2) is 4.98 Å². The molecule has 1 aromatic heterocycles. The van der Waals surface area contributed by atoms with E-state index in [1.807, 2.05) is 6.07 Å². The molecule has 1 aromatic carbocycles. The summed E-state index contributed by atoms with van der Waals surface area (Å²) in [5, 5.41) is 9.71. The molecule has 90 valence electrons. The average molecular weight is 260 g/mol. The van der Waals surface area contributed by atoms with Crippen LogP contribution in [0.2, 0.25) is 5.02 Å². The molecular formula is C13H10ClN3O. The second-order valence-electron chi connectivity index (χ2n) is 3.58. The van der Waals surface area contributed by atoms with Gasteiger partial charge in [0.2, 0.25) is 0 Å². The number of nitriles is 1. The first-order chi connectivity index (χ1) is 8.67. The number of benzene rings is 1. The molecule has 4 nitrogen and oxygen atoms in total. The van der Waals surface area contributed by atoms with Crippen LogP contribution in [0.4, 0.5) is 5.82 Å². The van der Waals surface area contributed by atoms with E-state index >= 15 is 0 Å². The second-order valence-corrected chi connectivity index (χ2v) is 4.01. The number of pyridine rings is 1. The lowest BCUT2D eigenvalue weighted by Gasteiger charge is -2.11. The van der Waals surface area contributed by atoms with Crippen LogP contribution in [-0.2, 0) is 0 Å². The average Bonchev–Trinajstić information content (AvgIpc) is 2.38. The number of halogens is 1. The fourth-order valence-corrected chi connectivity index (χ4v) is 1.88. The molecule has 0 aliphatic rings. The highest BCUT2D eigenvalue weighted by Gasteiger charge is 2.13. The first-order valence-electron chi connectivity index (χ1n) is 5.16. The Hall–Kier alpha value is -2.25.